The van der Waals surface area contributed by atoms with Gasteiger partial charge in [-0.25, -0.2) is 9.97 Å². The van der Waals surface area contributed by atoms with E-state index in [0.717, 1.165) is 48.2 Å². The number of nitrogens with two attached hydrogens (primary N) is 4. The zero-order valence-electron chi connectivity index (χ0n) is 18.1. The van der Waals surface area contributed by atoms with Crippen LogP contribution in [0.3, 0.4) is 0 Å². The third-order valence-corrected chi connectivity index (χ3v) is 4.95. The SMILES string of the molecule is NC(N)=NCCCc1cccc(-c2cc(-c3cccc(CCCN=C(N)N)c3)ncn2)c1. The molecule has 0 radical (unpaired) electrons. The van der Waals surface area contributed by atoms with E-state index in [1.165, 1.54) is 11.1 Å². The maximum absolute atomic E-state index is 5.38. The Morgan fingerprint density at radius 2 is 1.12 bits per heavy atom. The molecule has 0 aliphatic rings. The van der Waals surface area contributed by atoms with Gasteiger partial charge in [0.2, 0.25) is 0 Å². The summed E-state index contributed by atoms with van der Waals surface area (Å²) in [4.78, 5) is 17.1. The van der Waals surface area contributed by atoms with Crippen LogP contribution in [-0.4, -0.2) is 35.0 Å². The van der Waals surface area contributed by atoms with Gasteiger partial charge in [0.05, 0.1) is 11.4 Å². The van der Waals surface area contributed by atoms with E-state index in [1.54, 1.807) is 6.33 Å². The Morgan fingerprint density at radius 1 is 0.656 bits per heavy atom. The molecule has 0 spiro atoms. The van der Waals surface area contributed by atoms with Crippen molar-refractivity contribution in [2.45, 2.75) is 25.7 Å². The molecule has 0 fully saturated rings. The van der Waals surface area contributed by atoms with Crippen molar-refractivity contribution in [3.05, 3.63) is 72.1 Å². The Morgan fingerprint density at radius 3 is 1.56 bits per heavy atom. The molecule has 8 N–H and O–H groups in total. The standard InChI is InChI=1S/C24H30N8/c25-23(26)29-11-3-7-17-5-1-9-19(13-17)21-15-22(32-16-31-21)20-10-2-6-18(14-20)8-4-12-30-24(27)28/h1-2,5-6,9-10,13-16H,3-4,7-8,11-12H2,(H4,25,26,29)(H4,27,28,30). The van der Waals surface area contributed by atoms with Crippen LogP contribution in [0.25, 0.3) is 22.5 Å². The molecule has 0 bridgehead atoms. The van der Waals surface area contributed by atoms with E-state index in [-0.39, 0.29) is 11.9 Å². The van der Waals surface area contributed by atoms with E-state index < -0.39 is 0 Å². The van der Waals surface area contributed by atoms with E-state index in [0.29, 0.717) is 13.1 Å². The summed E-state index contributed by atoms with van der Waals surface area (Å²) in [6.45, 7) is 1.24. The Hall–Kier alpha value is -3.94. The lowest BCUT2D eigenvalue weighted by atomic mass is 10.0. The highest BCUT2D eigenvalue weighted by Gasteiger charge is 2.06. The maximum atomic E-state index is 5.38. The van der Waals surface area contributed by atoms with Gasteiger partial charge in [-0.3, -0.25) is 9.98 Å². The lowest BCUT2D eigenvalue weighted by Crippen LogP contribution is -2.23. The van der Waals surface area contributed by atoms with Crippen molar-refractivity contribution in [3.8, 4) is 22.5 Å². The molecular weight excluding hydrogens is 400 g/mol. The number of aryl methyl sites for hydroxylation is 2. The van der Waals surface area contributed by atoms with Crippen LogP contribution in [0.15, 0.2) is 70.9 Å². The Balaban J connectivity index is 1.72. The summed E-state index contributed by atoms with van der Waals surface area (Å²) in [5.74, 6) is 0.259. The van der Waals surface area contributed by atoms with Gasteiger partial charge in [-0.2, -0.15) is 0 Å². The van der Waals surface area contributed by atoms with Gasteiger partial charge in [0, 0.05) is 24.2 Å². The topological polar surface area (TPSA) is 155 Å². The summed E-state index contributed by atoms with van der Waals surface area (Å²) >= 11 is 0. The van der Waals surface area contributed by atoms with Crippen LogP contribution in [0.1, 0.15) is 24.0 Å². The second kappa shape index (κ2) is 11.5. The van der Waals surface area contributed by atoms with Crippen molar-refractivity contribution in [3.63, 3.8) is 0 Å². The number of rotatable bonds is 10. The minimum atomic E-state index is 0.130. The third kappa shape index (κ3) is 7.09. The van der Waals surface area contributed by atoms with Crippen molar-refractivity contribution < 1.29 is 0 Å². The number of hydrogen-bond acceptors (Lipinski definition) is 4. The number of hydrogen-bond donors (Lipinski definition) is 4. The molecule has 8 nitrogen and oxygen atoms in total. The first-order valence-electron chi connectivity index (χ1n) is 10.6. The third-order valence-electron chi connectivity index (χ3n) is 4.95. The lowest BCUT2D eigenvalue weighted by Gasteiger charge is -2.08. The van der Waals surface area contributed by atoms with E-state index in [4.69, 9.17) is 22.9 Å². The predicted octanol–water partition coefficient (Wildman–Crippen LogP) is 2.22. The molecule has 1 aromatic heterocycles. The molecule has 3 aromatic rings. The molecule has 166 valence electrons. The fourth-order valence-electron chi connectivity index (χ4n) is 3.43. The van der Waals surface area contributed by atoms with Gasteiger partial charge in [0.15, 0.2) is 11.9 Å². The van der Waals surface area contributed by atoms with E-state index in [1.807, 2.05) is 18.2 Å². The quantitative estimate of drug-likeness (QED) is 0.220. The Labute approximate surface area is 188 Å². The summed E-state index contributed by atoms with van der Waals surface area (Å²) in [6.07, 6.45) is 5.16. The summed E-state index contributed by atoms with van der Waals surface area (Å²) in [6, 6.07) is 18.8. The van der Waals surface area contributed by atoms with E-state index >= 15 is 0 Å². The summed E-state index contributed by atoms with van der Waals surface area (Å²) < 4.78 is 0. The van der Waals surface area contributed by atoms with Crippen LogP contribution in [-0.2, 0) is 12.8 Å². The zero-order chi connectivity index (χ0) is 22.8. The predicted molar refractivity (Wildman–Crippen MR) is 131 cm³/mol. The molecule has 0 aliphatic heterocycles. The van der Waals surface area contributed by atoms with Crippen molar-refractivity contribution in [2.75, 3.05) is 13.1 Å². The number of nitrogens with zero attached hydrogens (tertiary/aromatic N) is 4. The highest BCUT2D eigenvalue weighted by molar-refractivity contribution is 5.76. The normalized spacial score (nSPS) is 10.5. The molecule has 0 amide bonds. The van der Waals surface area contributed by atoms with Crippen LogP contribution in [0.2, 0.25) is 0 Å². The van der Waals surface area contributed by atoms with Crippen molar-refractivity contribution in [1.29, 1.82) is 0 Å². The average molecular weight is 431 g/mol. The molecule has 0 atom stereocenters. The van der Waals surface area contributed by atoms with Crippen LogP contribution < -0.4 is 22.9 Å². The van der Waals surface area contributed by atoms with Crippen LogP contribution in [0.5, 0.6) is 0 Å². The number of aromatic nitrogens is 2. The average Bonchev–Trinajstić information content (AvgIpc) is 2.80. The maximum Gasteiger partial charge on any atom is 0.185 e. The van der Waals surface area contributed by atoms with Gasteiger partial charge >= 0.3 is 0 Å². The van der Waals surface area contributed by atoms with Gasteiger partial charge in [0.1, 0.15) is 6.33 Å². The first kappa shape index (κ1) is 22.7. The number of aliphatic imine (C=N–C) groups is 2. The first-order valence-corrected chi connectivity index (χ1v) is 10.6. The summed E-state index contributed by atoms with van der Waals surface area (Å²) in [5.41, 5.74) is 27.9. The molecule has 0 saturated heterocycles. The van der Waals surface area contributed by atoms with Gasteiger partial charge in [-0.1, -0.05) is 36.4 Å². The highest BCUT2D eigenvalue weighted by Crippen LogP contribution is 2.24. The smallest absolute Gasteiger partial charge is 0.185 e. The van der Waals surface area contributed by atoms with Gasteiger partial charge < -0.3 is 22.9 Å². The van der Waals surface area contributed by atoms with E-state index in [2.05, 4.69) is 56.4 Å². The Kier molecular flexibility index (Phi) is 8.14. The van der Waals surface area contributed by atoms with Gasteiger partial charge in [-0.05, 0) is 55.0 Å². The highest BCUT2D eigenvalue weighted by atomic mass is 15.0. The number of benzene rings is 2. The molecule has 32 heavy (non-hydrogen) atoms. The monoisotopic (exact) mass is 430 g/mol. The lowest BCUT2D eigenvalue weighted by molar-refractivity contribution is 0.831. The fourth-order valence-corrected chi connectivity index (χ4v) is 3.43. The van der Waals surface area contributed by atoms with Crippen LogP contribution in [0, 0.1) is 0 Å². The second-order valence-electron chi connectivity index (χ2n) is 7.51. The van der Waals surface area contributed by atoms with Gasteiger partial charge in [0.25, 0.3) is 0 Å². The molecule has 0 aliphatic carbocycles. The molecule has 1 heterocycles. The largest absolute Gasteiger partial charge is 0.370 e. The molecule has 3 rings (SSSR count). The van der Waals surface area contributed by atoms with Crippen molar-refractivity contribution >= 4 is 11.9 Å². The van der Waals surface area contributed by atoms with E-state index in [9.17, 15) is 0 Å². The summed E-state index contributed by atoms with van der Waals surface area (Å²) in [5, 5.41) is 0. The van der Waals surface area contributed by atoms with Crippen molar-refractivity contribution in [1.82, 2.24) is 9.97 Å². The van der Waals surface area contributed by atoms with Crippen LogP contribution >= 0.6 is 0 Å². The molecular formula is C24H30N8. The zero-order valence-corrected chi connectivity index (χ0v) is 18.1. The minimum Gasteiger partial charge on any atom is -0.370 e. The molecule has 8 heteroatoms. The molecule has 0 saturated carbocycles. The minimum absolute atomic E-state index is 0.130. The van der Waals surface area contributed by atoms with Crippen LogP contribution in [0.4, 0.5) is 0 Å². The molecule has 0 unspecified atom stereocenters. The van der Waals surface area contributed by atoms with Crippen molar-refractivity contribution in [2.24, 2.45) is 32.9 Å². The van der Waals surface area contributed by atoms with Gasteiger partial charge in [-0.15, -0.1) is 0 Å². The second-order valence-corrected chi connectivity index (χ2v) is 7.51. The summed E-state index contributed by atoms with van der Waals surface area (Å²) in [7, 11) is 0. The number of guanidine groups is 2. The first-order chi connectivity index (χ1) is 15.5. The fraction of sp³-hybridized carbons (Fsp3) is 0.250. The Bertz CT molecular complexity index is 1000. The molecule has 2 aromatic carbocycles.